The van der Waals surface area contributed by atoms with E-state index < -0.39 is 0 Å². The van der Waals surface area contributed by atoms with Crippen molar-refractivity contribution in [2.24, 2.45) is 11.7 Å². The molecule has 17 heavy (non-hydrogen) atoms. The number of aliphatic hydroxyl groups excluding tert-OH is 1. The molecule has 0 saturated carbocycles. The third-order valence-electron chi connectivity index (χ3n) is 3.12. The summed E-state index contributed by atoms with van der Waals surface area (Å²) in [5, 5.41) is 9.54. The summed E-state index contributed by atoms with van der Waals surface area (Å²) < 4.78 is 0. The van der Waals surface area contributed by atoms with Gasteiger partial charge in [0.1, 0.15) is 16.5 Å². The summed E-state index contributed by atoms with van der Waals surface area (Å²) in [4.78, 5) is 10.8. The highest BCUT2D eigenvalue weighted by Gasteiger charge is 2.26. The Kier molecular flexibility index (Phi) is 3.54. The first-order valence-electron chi connectivity index (χ1n) is 5.63. The van der Waals surface area contributed by atoms with Crippen molar-refractivity contribution in [3.8, 4) is 0 Å². The molecule has 0 amide bonds. The zero-order valence-electron chi connectivity index (χ0n) is 9.71. The Morgan fingerprint density at radius 1 is 1.59 bits per heavy atom. The van der Waals surface area contributed by atoms with Gasteiger partial charge in [0, 0.05) is 19.0 Å². The van der Waals surface area contributed by atoms with Gasteiger partial charge in [0.2, 0.25) is 0 Å². The molecule has 92 valence electrons. The molecule has 2 atom stereocenters. The van der Waals surface area contributed by atoms with Gasteiger partial charge in [-0.1, -0.05) is 12.2 Å². The predicted molar refractivity (Wildman–Crippen MR) is 69.9 cm³/mol. The predicted octanol–water partition coefficient (Wildman–Crippen LogP) is 0.318. The molecule has 0 aliphatic carbocycles. The SMILES string of the molecule is CC(O)C1CCN(c2cnc(C(N)=S)cn2)C1. The second-order valence-electron chi connectivity index (χ2n) is 4.36. The van der Waals surface area contributed by atoms with Gasteiger partial charge in [-0.15, -0.1) is 0 Å². The highest BCUT2D eigenvalue weighted by Crippen LogP contribution is 2.23. The number of hydrogen-bond donors (Lipinski definition) is 2. The van der Waals surface area contributed by atoms with E-state index in [-0.39, 0.29) is 11.1 Å². The number of aromatic nitrogens is 2. The van der Waals surface area contributed by atoms with E-state index in [4.69, 9.17) is 18.0 Å². The molecule has 2 rings (SSSR count). The Balaban J connectivity index is 2.06. The van der Waals surface area contributed by atoms with Gasteiger partial charge in [0.05, 0.1) is 18.5 Å². The summed E-state index contributed by atoms with van der Waals surface area (Å²) in [6.07, 6.45) is 3.98. The van der Waals surface area contributed by atoms with E-state index in [2.05, 4.69) is 14.9 Å². The number of hydrogen-bond acceptors (Lipinski definition) is 5. The van der Waals surface area contributed by atoms with E-state index in [1.165, 1.54) is 0 Å². The molecule has 1 aliphatic rings. The van der Waals surface area contributed by atoms with Crippen LogP contribution in [0.3, 0.4) is 0 Å². The molecule has 1 fully saturated rings. The number of rotatable bonds is 3. The zero-order chi connectivity index (χ0) is 12.4. The molecule has 1 saturated heterocycles. The fraction of sp³-hybridized carbons (Fsp3) is 0.545. The van der Waals surface area contributed by atoms with Gasteiger partial charge >= 0.3 is 0 Å². The molecule has 0 radical (unpaired) electrons. The molecule has 0 aromatic carbocycles. The van der Waals surface area contributed by atoms with Gasteiger partial charge < -0.3 is 15.7 Å². The molecule has 0 spiro atoms. The summed E-state index contributed by atoms with van der Waals surface area (Å²) in [7, 11) is 0. The van der Waals surface area contributed by atoms with Crippen LogP contribution in [0.1, 0.15) is 19.0 Å². The first-order valence-corrected chi connectivity index (χ1v) is 6.03. The molecule has 6 heteroatoms. The number of thiocarbonyl (C=S) groups is 1. The topological polar surface area (TPSA) is 75.3 Å². The number of nitrogens with zero attached hydrogens (tertiary/aromatic N) is 3. The van der Waals surface area contributed by atoms with Crippen molar-refractivity contribution >= 4 is 23.0 Å². The molecule has 1 aromatic rings. The maximum atomic E-state index is 9.54. The molecular formula is C11H16N4OS. The lowest BCUT2D eigenvalue weighted by Gasteiger charge is -2.18. The zero-order valence-corrected chi connectivity index (χ0v) is 10.5. The van der Waals surface area contributed by atoms with E-state index in [0.29, 0.717) is 11.6 Å². The second kappa shape index (κ2) is 4.93. The highest BCUT2D eigenvalue weighted by molar-refractivity contribution is 7.80. The normalized spacial score (nSPS) is 21.5. The van der Waals surface area contributed by atoms with Crippen LogP contribution in [0.2, 0.25) is 0 Å². The van der Waals surface area contributed by atoms with Crippen LogP contribution in [0.15, 0.2) is 12.4 Å². The minimum atomic E-state index is -0.274. The van der Waals surface area contributed by atoms with Crippen molar-refractivity contribution in [1.29, 1.82) is 0 Å². The van der Waals surface area contributed by atoms with Crippen LogP contribution < -0.4 is 10.6 Å². The average molecular weight is 252 g/mol. The van der Waals surface area contributed by atoms with Crippen molar-refractivity contribution in [1.82, 2.24) is 9.97 Å². The molecule has 1 aliphatic heterocycles. The van der Waals surface area contributed by atoms with Crippen LogP contribution >= 0.6 is 12.2 Å². The summed E-state index contributed by atoms with van der Waals surface area (Å²) in [5.41, 5.74) is 6.00. The first-order chi connectivity index (χ1) is 8.08. The Morgan fingerprint density at radius 2 is 2.35 bits per heavy atom. The van der Waals surface area contributed by atoms with E-state index in [1.807, 2.05) is 6.92 Å². The van der Waals surface area contributed by atoms with E-state index >= 15 is 0 Å². The number of aliphatic hydroxyl groups is 1. The molecule has 2 heterocycles. The number of nitrogens with two attached hydrogens (primary N) is 1. The lowest BCUT2D eigenvalue weighted by Crippen LogP contribution is -2.25. The summed E-state index contributed by atoms with van der Waals surface area (Å²) >= 11 is 4.82. The van der Waals surface area contributed by atoms with Gasteiger partial charge in [0.15, 0.2) is 0 Å². The van der Waals surface area contributed by atoms with E-state index in [0.717, 1.165) is 25.3 Å². The van der Waals surface area contributed by atoms with Gasteiger partial charge in [-0.2, -0.15) is 0 Å². The quantitative estimate of drug-likeness (QED) is 0.755. The third kappa shape index (κ3) is 2.70. The first kappa shape index (κ1) is 12.2. The van der Waals surface area contributed by atoms with Gasteiger partial charge in [-0.05, 0) is 13.3 Å². The van der Waals surface area contributed by atoms with Crippen molar-refractivity contribution in [2.45, 2.75) is 19.4 Å². The fourth-order valence-electron chi connectivity index (χ4n) is 2.00. The van der Waals surface area contributed by atoms with Crippen LogP contribution in [0, 0.1) is 5.92 Å². The van der Waals surface area contributed by atoms with Crippen LogP contribution in [0.4, 0.5) is 5.82 Å². The maximum Gasteiger partial charge on any atom is 0.147 e. The molecule has 2 unspecified atom stereocenters. The Labute approximate surface area is 106 Å². The van der Waals surface area contributed by atoms with Gasteiger partial charge in [0.25, 0.3) is 0 Å². The van der Waals surface area contributed by atoms with Gasteiger partial charge in [-0.3, -0.25) is 0 Å². The molecule has 1 aromatic heterocycles. The molecule has 0 bridgehead atoms. The fourth-order valence-corrected chi connectivity index (χ4v) is 2.11. The monoisotopic (exact) mass is 252 g/mol. The second-order valence-corrected chi connectivity index (χ2v) is 4.80. The van der Waals surface area contributed by atoms with Crippen molar-refractivity contribution < 1.29 is 5.11 Å². The van der Waals surface area contributed by atoms with Crippen molar-refractivity contribution in [2.75, 3.05) is 18.0 Å². The summed E-state index contributed by atoms with van der Waals surface area (Å²) in [5.74, 6) is 1.13. The van der Waals surface area contributed by atoms with Crippen LogP contribution in [0.5, 0.6) is 0 Å². The standard InChI is InChI=1S/C11H16N4OS/c1-7(16)8-2-3-15(6-8)10-5-13-9(4-14-10)11(12)17/h4-5,7-8,16H,2-3,6H2,1H3,(H2,12,17). The summed E-state index contributed by atoms with van der Waals surface area (Å²) in [6, 6.07) is 0. The van der Waals surface area contributed by atoms with Crippen LogP contribution in [0.25, 0.3) is 0 Å². The average Bonchev–Trinajstić information content (AvgIpc) is 2.78. The van der Waals surface area contributed by atoms with E-state index in [9.17, 15) is 5.11 Å². The smallest absolute Gasteiger partial charge is 0.147 e. The molecule has 5 nitrogen and oxygen atoms in total. The van der Waals surface area contributed by atoms with E-state index in [1.54, 1.807) is 12.4 Å². The van der Waals surface area contributed by atoms with Crippen molar-refractivity contribution in [3.05, 3.63) is 18.1 Å². The van der Waals surface area contributed by atoms with Crippen molar-refractivity contribution in [3.63, 3.8) is 0 Å². The Morgan fingerprint density at radius 3 is 2.82 bits per heavy atom. The maximum absolute atomic E-state index is 9.54. The Hall–Kier alpha value is -1.27. The lowest BCUT2D eigenvalue weighted by molar-refractivity contribution is 0.136. The molecule has 3 N–H and O–H groups in total. The minimum Gasteiger partial charge on any atom is -0.393 e. The minimum absolute atomic E-state index is 0.257. The van der Waals surface area contributed by atoms with Gasteiger partial charge in [-0.25, -0.2) is 9.97 Å². The largest absolute Gasteiger partial charge is 0.393 e. The lowest BCUT2D eigenvalue weighted by atomic mass is 10.0. The van der Waals surface area contributed by atoms with Crippen LogP contribution in [-0.4, -0.2) is 39.3 Å². The van der Waals surface area contributed by atoms with Crippen LogP contribution in [-0.2, 0) is 0 Å². The Bertz CT molecular complexity index is 406. The highest BCUT2D eigenvalue weighted by atomic mass is 32.1. The molecular weight excluding hydrogens is 236 g/mol. The summed E-state index contributed by atoms with van der Waals surface area (Å²) in [6.45, 7) is 3.55. The number of anilines is 1. The third-order valence-corrected chi connectivity index (χ3v) is 3.33.